The molecule has 0 bridgehead atoms. The lowest BCUT2D eigenvalue weighted by atomic mass is 9.61. The van der Waals surface area contributed by atoms with Gasteiger partial charge in [0.1, 0.15) is 0 Å². The number of hydrogen-bond acceptors (Lipinski definition) is 7. The molecule has 1 aliphatic carbocycles. The van der Waals surface area contributed by atoms with Gasteiger partial charge < -0.3 is 20.6 Å². The number of carbonyl (C=O) groups is 1. The van der Waals surface area contributed by atoms with Crippen molar-refractivity contribution < 1.29 is 9.32 Å². The molecule has 5 aromatic rings. The first kappa shape index (κ1) is 22.0. The molecule has 0 radical (unpaired) electrons. The molecule has 1 fully saturated rings. The van der Waals surface area contributed by atoms with E-state index in [0.29, 0.717) is 28.8 Å². The Morgan fingerprint density at radius 1 is 1.14 bits per heavy atom. The molecule has 9 nitrogen and oxygen atoms in total. The Balaban J connectivity index is 1.30. The second kappa shape index (κ2) is 8.60. The molecule has 0 atom stereocenters. The van der Waals surface area contributed by atoms with E-state index in [1.54, 1.807) is 6.92 Å². The molecule has 36 heavy (non-hydrogen) atoms. The summed E-state index contributed by atoms with van der Waals surface area (Å²) in [6.45, 7) is 1.91. The maximum atomic E-state index is 13.0. The number of benzene rings is 2. The van der Waals surface area contributed by atoms with Crippen LogP contribution in [0.15, 0.2) is 65.6 Å². The molecule has 3 heterocycles. The van der Waals surface area contributed by atoms with E-state index < -0.39 is 0 Å². The third-order valence-corrected chi connectivity index (χ3v) is 7.03. The fourth-order valence-corrected chi connectivity index (χ4v) is 5.01. The number of nitrogens with two attached hydrogens (primary N) is 1. The molecule has 3 aromatic heterocycles. The largest absolute Gasteiger partial charge is 0.399 e. The van der Waals surface area contributed by atoms with Gasteiger partial charge in [-0.15, -0.1) is 0 Å². The van der Waals surface area contributed by atoms with Gasteiger partial charge in [0.2, 0.25) is 5.89 Å². The van der Waals surface area contributed by atoms with Crippen molar-refractivity contribution in [3.63, 3.8) is 0 Å². The van der Waals surface area contributed by atoms with Crippen molar-refractivity contribution >= 4 is 22.5 Å². The van der Waals surface area contributed by atoms with Gasteiger partial charge in [0, 0.05) is 47.6 Å². The smallest absolute Gasteiger partial charge is 0.253 e. The Labute approximate surface area is 207 Å². The zero-order chi connectivity index (χ0) is 24.7. The summed E-state index contributed by atoms with van der Waals surface area (Å²) in [5.74, 6) is 1.38. The van der Waals surface area contributed by atoms with Crippen LogP contribution in [0.4, 0.5) is 5.69 Å². The van der Waals surface area contributed by atoms with E-state index in [1.165, 1.54) is 0 Å². The van der Waals surface area contributed by atoms with Crippen molar-refractivity contribution in [3.8, 4) is 11.4 Å². The predicted octanol–water partition coefficient (Wildman–Crippen LogP) is 4.30. The van der Waals surface area contributed by atoms with Crippen molar-refractivity contribution in [2.75, 3.05) is 5.73 Å². The highest BCUT2D eigenvalue weighted by atomic mass is 16.5. The van der Waals surface area contributed by atoms with Gasteiger partial charge in [-0.05, 0) is 54.3 Å². The van der Waals surface area contributed by atoms with E-state index in [2.05, 4.69) is 36.5 Å². The SMILES string of the molecule is Cc1nc(CNC(=O)c2cccc3c(C4(c5cnc(-c6ccc(N)cc6)nc5)CCC4)c[nH]c23)no1. The first-order valence-electron chi connectivity index (χ1n) is 11.9. The minimum Gasteiger partial charge on any atom is -0.399 e. The highest BCUT2D eigenvalue weighted by Crippen LogP contribution is 2.51. The standard InChI is InChI=1S/C27H25N7O2/c1-16-33-23(34-36-16)15-32-26(35)21-5-2-4-20-22(14-29-24(20)21)27(10-3-11-27)18-12-30-25(31-13-18)17-6-8-19(28)9-7-17/h2,4-9,12-14,29H,3,10-11,15,28H2,1H3,(H,32,35). The lowest BCUT2D eigenvalue weighted by Gasteiger charge is -2.42. The van der Waals surface area contributed by atoms with E-state index in [1.807, 2.05) is 55.0 Å². The van der Waals surface area contributed by atoms with Crippen LogP contribution < -0.4 is 11.1 Å². The van der Waals surface area contributed by atoms with Crippen LogP contribution in [0.5, 0.6) is 0 Å². The molecular formula is C27H25N7O2. The van der Waals surface area contributed by atoms with Crippen molar-refractivity contribution in [2.24, 2.45) is 0 Å². The average molecular weight is 480 g/mol. The monoisotopic (exact) mass is 479 g/mol. The highest BCUT2D eigenvalue weighted by Gasteiger charge is 2.42. The Morgan fingerprint density at radius 2 is 1.92 bits per heavy atom. The number of para-hydroxylation sites is 1. The van der Waals surface area contributed by atoms with E-state index in [4.69, 9.17) is 10.3 Å². The van der Waals surface area contributed by atoms with E-state index in [9.17, 15) is 4.79 Å². The zero-order valence-electron chi connectivity index (χ0n) is 19.8. The predicted molar refractivity (Wildman–Crippen MR) is 135 cm³/mol. The number of rotatable bonds is 6. The van der Waals surface area contributed by atoms with Crippen molar-refractivity contribution in [3.05, 3.63) is 89.5 Å². The maximum absolute atomic E-state index is 13.0. The summed E-state index contributed by atoms with van der Waals surface area (Å²) < 4.78 is 4.98. The number of carbonyl (C=O) groups excluding carboxylic acids is 1. The summed E-state index contributed by atoms with van der Waals surface area (Å²) in [6, 6.07) is 13.3. The topological polar surface area (TPSA) is 136 Å². The molecular weight excluding hydrogens is 454 g/mol. The van der Waals surface area contributed by atoms with Crippen LogP contribution in [0.1, 0.15) is 52.5 Å². The van der Waals surface area contributed by atoms with Crippen LogP contribution in [0, 0.1) is 6.92 Å². The number of H-pyrrole nitrogens is 1. The number of nitrogen functional groups attached to an aromatic ring is 1. The van der Waals surface area contributed by atoms with Gasteiger partial charge in [0.25, 0.3) is 5.91 Å². The Morgan fingerprint density at radius 3 is 2.58 bits per heavy atom. The average Bonchev–Trinajstić information content (AvgIpc) is 3.49. The van der Waals surface area contributed by atoms with E-state index in [0.717, 1.165) is 46.9 Å². The summed E-state index contributed by atoms with van der Waals surface area (Å²) in [4.78, 5) is 29.8. The highest BCUT2D eigenvalue weighted by molar-refractivity contribution is 6.06. The van der Waals surface area contributed by atoms with Gasteiger partial charge in [-0.2, -0.15) is 4.98 Å². The lowest BCUT2D eigenvalue weighted by Crippen LogP contribution is -2.35. The molecule has 0 aliphatic heterocycles. The second-order valence-corrected chi connectivity index (χ2v) is 9.20. The first-order chi connectivity index (χ1) is 17.5. The molecule has 2 aromatic carbocycles. The number of nitrogens with one attached hydrogen (secondary N) is 2. The number of amides is 1. The number of hydrogen-bond donors (Lipinski definition) is 3. The van der Waals surface area contributed by atoms with Gasteiger partial charge in [0.15, 0.2) is 11.6 Å². The fourth-order valence-electron chi connectivity index (χ4n) is 5.01. The molecule has 180 valence electrons. The molecule has 4 N–H and O–H groups in total. The molecule has 1 amide bonds. The number of anilines is 1. The minimum atomic E-state index is -0.199. The van der Waals surface area contributed by atoms with Crippen LogP contribution in [-0.2, 0) is 12.0 Å². The van der Waals surface area contributed by atoms with Crippen molar-refractivity contribution in [1.29, 1.82) is 0 Å². The third kappa shape index (κ3) is 3.69. The number of fused-ring (bicyclic) bond motifs is 1. The summed E-state index contributed by atoms with van der Waals surface area (Å²) in [5.41, 5.74) is 10.9. The maximum Gasteiger partial charge on any atom is 0.253 e. The Hall–Kier alpha value is -4.53. The number of aromatic amines is 1. The van der Waals surface area contributed by atoms with Crippen LogP contribution in [0.3, 0.4) is 0 Å². The third-order valence-electron chi connectivity index (χ3n) is 7.03. The van der Waals surface area contributed by atoms with Crippen molar-refractivity contribution in [2.45, 2.75) is 38.1 Å². The van der Waals surface area contributed by atoms with Crippen LogP contribution >= 0.6 is 0 Å². The van der Waals surface area contributed by atoms with E-state index >= 15 is 0 Å². The van der Waals surface area contributed by atoms with Gasteiger partial charge in [0.05, 0.1) is 17.6 Å². The molecule has 0 unspecified atom stereocenters. The van der Waals surface area contributed by atoms with Crippen molar-refractivity contribution in [1.82, 2.24) is 30.4 Å². The Bertz CT molecular complexity index is 1550. The lowest BCUT2D eigenvalue weighted by molar-refractivity contribution is 0.0951. The number of aromatic nitrogens is 5. The normalized spacial score (nSPS) is 14.5. The quantitative estimate of drug-likeness (QED) is 0.309. The summed E-state index contributed by atoms with van der Waals surface area (Å²) >= 11 is 0. The van der Waals surface area contributed by atoms with Gasteiger partial charge >= 0.3 is 0 Å². The number of aryl methyl sites for hydroxylation is 1. The molecule has 6 rings (SSSR count). The minimum absolute atomic E-state index is 0.185. The first-order valence-corrected chi connectivity index (χ1v) is 11.9. The summed E-state index contributed by atoms with van der Waals surface area (Å²) in [5, 5.41) is 7.75. The van der Waals surface area contributed by atoms with Gasteiger partial charge in [-0.1, -0.05) is 23.7 Å². The van der Waals surface area contributed by atoms with Crippen LogP contribution in [-0.4, -0.2) is 31.0 Å². The van der Waals surface area contributed by atoms with Crippen LogP contribution in [0.25, 0.3) is 22.3 Å². The molecule has 0 saturated heterocycles. The second-order valence-electron chi connectivity index (χ2n) is 9.20. The summed E-state index contributed by atoms with van der Waals surface area (Å²) in [6.07, 6.45) is 9.00. The van der Waals surface area contributed by atoms with Crippen LogP contribution in [0.2, 0.25) is 0 Å². The summed E-state index contributed by atoms with van der Waals surface area (Å²) in [7, 11) is 0. The number of nitrogens with zero attached hydrogens (tertiary/aromatic N) is 4. The Kier molecular flexibility index (Phi) is 5.25. The van der Waals surface area contributed by atoms with E-state index in [-0.39, 0.29) is 17.9 Å². The molecule has 1 saturated carbocycles. The molecule has 1 aliphatic rings. The zero-order valence-corrected chi connectivity index (χ0v) is 19.8. The fraction of sp³-hybridized carbons (Fsp3) is 0.222. The van der Waals surface area contributed by atoms with Gasteiger partial charge in [-0.3, -0.25) is 4.79 Å². The van der Waals surface area contributed by atoms with Gasteiger partial charge in [-0.25, -0.2) is 9.97 Å². The molecule has 9 heteroatoms. The molecule has 0 spiro atoms.